The van der Waals surface area contributed by atoms with Gasteiger partial charge in [0.1, 0.15) is 0 Å². The minimum absolute atomic E-state index is 0.693. The van der Waals surface area contributed by atoms with Crippen LogP contribution in [0.25, 0.3) is 0 Å². The van der Waals surface area contributed by atoms with Crippen LogP contribution in [0.2, 0.25) is 0 Å². The topological polar surface area (TPSA) is 12.0 Å². The van der Waals surface area contributed by atoms with Crippen LogP contribution in [0.3, 0.4) is 0 Å². The molecule has 0 aliphatic heterocycles. The van der Waals surface area contributed by atoms with Crippen LogP contribution in [0.15, 0.2) is 0 Å². The largest absolute Gasteiger partial charge is 0.314 e. The van der Waals surface area contributed by atoms with Crippen molar-refractivity contribution in [3.63, 3.8) is 0 Å². The van der Waals surface area contributed by atoms with E-state index < -0.39 is 0 Å². The number of terminal acetylenes is 1. The van der Waals surface area contributed by atoms with Gasteiger partial charge in [0.2, 0.25) is 0 Å². The molecule has 15 heavy (non-hydrogen) atoms. The van der Waals surface area contributed by atoms with Gasteiger partial charge in [-0.1, -0.05) is 25.7 Å². The second kappa shape index (κ2) is 7.77. The lowest BCUT2D eigenvalue weighted by Gasteiger charge is -2.17. The van der Waals surface area contributed by atoms with E-state index in [1.54, 1.807) is 0 Å². The van der Waals surface area contributed by atoms with Crippen molar-refractivity contribution in [1.29, 1.82) is 0 Å². The van der Waals surface area contributed by atoms with Crippen LogP contribution in [0.5, 0.6) is 0 Å². The standard InChI is InChI=1S/C14H25N/c1-3-4-5-8-11-15-13(2)12-14-9-6-7-10-14/h1,13-15H,4-12H2,2H3. The molecule has 0 aromatic heterocycles. The average Bonchev–Trinajstić information content (AvgIpc) is 2.70. The molecule has 0 amide bonds. The van der Waals surface area contributed by atoms with Crippen molar-refractivity contribution in [3.8, 4) is 12.3 Å². The molecule has 0 radical (unpaired) electrons. The maximum Gasteiger partial charge on any atom is 0.00865 e. The third-order valence-electron chi connectivity index (χ3n) is 3.40. The first-order valence-electron chi connectivity index (χ1n) is 6.49. The Morgan fingerprint density at radius 3 is 2.73 bits per heavy atom. The van der Waals surface area contributed by atoms with Gasteiger partial charge >= 0.3 is 0 Å². The highest BCUT2D eigenvalue weighted by Crippen LogP contribution is 2.28. The predicted octanol–water partition coefficient (Wildman–Crippen LogP) is 3.35. The van der Waals surface area contributed by atoms with Crippen LogP contribution in [0, 0.1) is 18.3 Å². The quantitative estimate of drug-likeness (QED) is 0.498. The molecule has 1 unspecified atom stereocenters. The van der Waals surface area contributed by atoms with Gasteiger partial charge in [0.05, 0.1) is 0 Å². The minimum Gasteiger partial charge on any atom is -0.314 e. The Hall–Kier alpha value is -0.480. The van der Waals surface area contributed by atoms with Crippen LogP contribution < -0.4 is 5.32 Å². The SMILES string of the molecule is C#CCCCCNC(C)CC1CCCC1. The fourth-order valence-corrected chi connectivity index (χ4v) is 2.53. The average molecular weight is 207 g/mol. The molecule has 1 atom stereocenters. The first-order valence-corrected chi connectivity index (χ1v) is 6.49. The fraction of sp³-hybridized carbons (Fsp3) is 0.857. The maximum atomic E-state index is 5.21. The van der Waals surface area contributed by atoms with Gasteiger partial charge in [-0.2, -0.15) is 0 Å². The lowest BCUT2D eigenvalue weighted by atomic mass is 9.99. The van der Waals surface area contributed by atoms with Crippen molar-refractivity contribution in [1.82, 2.24) is 5.32 Å². The first-order chi connectivity index (χ1) is 7.33. The number of unbranched alkanes of at least 4 members (excludes halogenated alkanes) is 2. The summed E-state index contributed by atoms with van der Waals surface area (Å²) in [5.74, 6) is 3.69. The van der Waals surface area contributed by atoms with Crippen molar-refractivity contribution >= 4 is 0 Å². The van der Waals surface area contributed by atoms with Gasteiger partial charge in [-0.15, -0.1) is 12.3 Å². The van der Waals surface area contributed by atoms with E-state index in [9.17, 15) is 0 Å². The smallest absolute Gasteiger partial charge is 0.00865 e. The van der Waals surface area contributed by atoms with E-state index in [2.05, 4.69) is 18.2 Å². The molecule has 0 aromatic carbocycles. The van der Waals surface area contributed by atoms with E-state index in [0.717, 1.165) is 18.9 Å². The lowest BCUT2D eigenvalue weighted by Crippen LogP contribution is -2.28. The second-order valence-electron chi connectivity index (χ2n) is 4.90. The Labute approximate surface area is 95.0 Å². The van der Waals surface area contributed by atoms with E-state index in [4.69, 9.17) is 6.42 Å². The molecule has 0 aromatic rings. The van der Waals surface area contributed by atoms with Gasteiger partial charge in [0.25, 0.3) is 0 Å². The van der Waals surface area contributed by atoms with Gasteiger partial charge in [0.15, 0.2) is 0 Å². The summed E-state index contributed by atoms with van der Waals surface area (Å²) in [6, 6.07) is 0.693. The monoisotopic (exact) mass is 207 g/mol. The number of nitrogens with one attached hydrogen (secondary N) is 1. The van der Waals surface area contributed by atoms with Crippen LogP contribution >= 0.6 is 0 Å². The van der Waals surface area contributed by atoms with E-state index in [-0.39, 0.29) is 0 Å². The van der Waals surface area contributed by atoms with Gasteiger partial charge in [0, 0.05) is 12.5 Å². The summed E-state index contributed by atoms with van der Waals surface area (Å²) in [6.45, 7) is 3.45. The highest BCUT2D eigenvalue weighted by Gasteiger charge is 2.17. The number of hydrogen-bond acceptors (Lipinski definition) is 1. The van der Waals surface area contributed by atoms with Crippen molar-refractivity contribution in [3.05, 3.63) is 0 Å². The Morgan fingerprint density at radius 2 is 2.07 bits per heavy atom. The molecule has 0 bridgehead atoms. The van der Waals surface area contributed by atoms with Crippen LogP contribution in [0.1, 0.15) is 58.3 Å². The van der Waals surface area contributed by atoms with Gasteiger partial charge in [-0.3, -0.25) is 0 Å². The van der Waals surface area contributed by atoms with Gasteiger partial charge in [-0.05, 0) is 38.6 Å². The molecule has 1 aliphatic carbocycles. The van der Waals surface area contributed by atoms with E-state index in [1.807, 2.05) is 0 Å². The normalized spacial score (nSPS) is 18.9. The molecule has 1 heteroatoms. The molecular formula is C14H25N. The highest BCUT2D eigenvalue weighted by molar-refractivity contribution is 4.83. The maximum absolute atomic E-state index is 5.21. The molecule has 0 spiro atoms. The van der Waals surface area contributed by atoms with Gasteiger partial charge < -0.3 is 5.32 Å². The Bertz CT molecular complexity index is 186. The van der Waals surface area contributed by atoms with Crippen LogP contribution in [0.4, 0.5) is 0 Å². The summed E-state index contributed by atoms with van der Waals surface area (Å²) < 4.78 is 0. The number of hydrogen-bond donors (Lipinski definition) is 1. The molecule has 0 saturated heterocycles. The summed E-state index contributed by atoms with van der Waals surface area (Å²) in [4.78, 5) is 0. The summed E-state index contributed by atoms with van der Waals surface area (Å²) in [6.07, 6.45) is 15.7. The zero-order chi connectivity index (χ0) is 10.9. The lowest BCUT2D eigenvalue weighted by molar-refractivity contribution is 0.402. The van der Waals surface area contributed by atoms with Crippen molar-refractivity contribution in [2.75, 3.05) is 6.54 Å². The highest BCUT2D eigenvalue weighted by atomic mass is 14.9. The summed E-state index contributed by atoms with van der Waals surface area (Å²) in [5, 5.41) is 3.60. The Balaban J connectivity index is 1.93. The van der Waals surface area contributed by atoms with E-state index >= 15 is 0 Å². The van der Waals surface area contributed by atoms with Gasteiger partial charge in [-0.25, -0.2) is 0 Å². The zero-order valence-electron chi connectivity index (χ0n) is 10.1. The fourth-order valence-electron chi connectivity index (χ4n) is 2.53. The molecule has 1 rings (SSSR count). The van der Waals surface area contributed by atoms with Crippen molar-refractivity contribution in [2.45, 2.75) is 64.3 Å². The van der Waals surface area contributed by atoms with E-state index in [1.165, 1.54) is 44.9 Å². The van der Waals surface area contributed by atoms with E-state index in [0.29, 0.717) is 6.04 Å². The van der Waals surface area contributed by atoms with Crippen molar-refractivity contribution in [2.24, 2.45) is 5.92 Å². The van der Waals surface area contributed by atoms with Crippen LogP contribution in [-0.2, 0) is 0 Å². The third-order valence-corrected chi connectivity index (χ3v) is 3.40. The zero-order valence-corrected chi connectivity index (χ0v) is 10.1. The Morgan fingerprint density at radius 1 is 1.33 bits per heavy atom. The molecular weight excluding hydrogens is 182 g/mol. The van der Waals surface area contributed by atoms with Crippen LogP contribution in [-0.4, -0.2) is 12.6 Å². The number of rotatable bonds is 7. The molecule has 1 saturated carbocycles. The summed E-state index contributed by atoms with van der Waals surface area (Å²) in [5.41, 5.74) is 0. The molecule has 1 nitrogen and oxygen atoms in total. The summed E-state index contributed by atoms with van der Waals surface area (Å²) in [7, 11) is 0. The predicted molar refractivity (Wildman–Crippen MR) is 66.7 cm³/mol. The minimum atomic E-state index is 0.693. The molecule has 1 aliphatic rings. The summed E-state index contributed by atoms with van der Waals surface area (Å²) >= 11 is 0. The second-order valence-corrected chi connectivity index (χ2v) is 4.90. The Kier molecular flexibility index (Phi) is 6.52. The molecule has 1 fully saturated rings. The molecule has 1 N–H and O–H groups in total. The molecule has 0 heterocycles. The third kappa shape index (κ3) is 5.85. The molecule has 86 valence electrons. The van der Waals surface area contributed by atoms with Crippen molar-refractivity contribution < 1.29 is 0 Å². The first kappa shape index (κ1) is 12.6.